The molecule has 0 aliphatic heterocycles. The van der Waals surface area contributed by atoms with Crippen molar-refractivity contribution in [1.29, 1.82) is 0 Å². The number of methoxy groups -OCH3 is 2. The van der Waals surface area contributed by atoms with Crippen LogP contribution in [0, 0.1) is 0 Å². The first-order valence-corrected chi connectivity index (χ1v) is 6.69. The Morgan fingerprint density at radius 1 is 0.619 bits per heavy atom. The molecule has 0 saturated carbocycles. The Bertz CT molecular complexity index is 751. The van der Waals surface area contributed by atoms with Gasteiger partial charge in [0.2, 0.25) is 0 Å². The maximum atomic E-state index is 5.91. The van der Waals surface area contributed by atoms with E-state index in [1.807, 2.05) is 60.7 Å². The highest BCUT2D eigenvalue weighted by Crippen LogP contribution is 2.36. The Morgan fingerprint density at radius 3 is 2.10 bits per heavy atom. The maximum Gasteiger partial charge on any atom is 0.169 e. The van der Waals surface area contributed by atoms with E-state index in [0.29, 0.717) is 11.5 Å². The Labute approximate surface area is 123 Å². The van der Waals surface area contributed by atoms with Crippen LogP contribution in [0.3, 0.4) is 0 Å². The summed E-state index contributed by atoms with van der Waals surface area (Å²) < 4.78 is 16.6. The highest BCUT2D eigenvalue weighted by Gasteiger charge is 2.08. The van der Waals surface area contributed by atoms with Crippen LogP contribution < -0.4 is 14.2 Å². The van der Waals surface area contributed by atoms with Crippen LogP contribution in [0.15, 0.2) is 60.7 Å². The van der Waals surface area contributed by atoms with Crippen LogP contribution in [0.1, 0.15) is 0 Å². The second-order valence-corrected chi connectivity index (χ2v) is 4.63. The van der Waals surface area contributed by atoms with E-state index < -0.39 is 0 Å². The first-order chi connectivity index (χ1) is 10.3. The molecule has 0 aliphatic rings. The molecule has 21 heavy (non-hydrogen) atoms. The van der Waals surface area contributed by atoms with Crippen LogP contribution in [-0.2, 0) is 0 Å². The first-order valence-electron chi connectivity index (χ1n) is 6.69. The summed E-state index contributed by atoms with van der Waals surface area (Å²) in [4.78, 5) is 0. The van der Waals surface area contributed by atoms with Gasteiger partial charge in [-0.2, -0.15) is 0 Å². The van der Waals surface area contributed by atoms with Crippen molar-refractivity contribution in [1.82, 2.24) is 0 Å². The Kier molecular flexibility index (Phi) is 3.65. The van der Waals surface area contributed by atoms with Crippen LogP contribution in [0.2, 0.25) is 0 Å². The molecule has 0 aromatic heterocycles. The van der Waals surface area contributed by atoms with Gasteiger partial charge in [0.1, 0.15) is 11.5 Å². The predicted molar refractivity (Wildman–Crippen MR) is 83.6 cm³/mol. The summed E-state index contributed by atoms with van der Waals surface area (Å²) in [6.45, 7) is 0. The van der Waals surface area contributed by atoms with Gasteiger partial charge in [-0.3, -0.25) is 0 Å². The third-order valence-corrected chi connectivity index (χ3v) is 3.30. The zero-order valence-corrected chi connectivity index (χ0v) is 12.0. The minimum atomic E-state index is 0.694. The van der Waals surface area contributed by atoms with E-state index >= 15 is 0 Å². The number of hydrogen-bond donors (Lipinski definition) is 0. The lowest BCUT2D eigenvalue weighted by Gasteiger charge is -2.12. The molecule has 0 bridgehead atoms. The number of ether oxygens (including phenoxy) is 3. The van der Waals surface area contributed by atoms with Crippen molar-refractivity contribution in [2.45, 2.75) is 0 Å². The summed E-state index contributed by atoms with van der Waals surface area (Å²) in [5.74, 6) is 2.99. The Hall–Kier alpha value is -2.68. The van der Waals surface area contributed by atoms with E-state index in [1.165, 1.54) is 0 Å². The fourth-order valence-corrected chi connectivity index (χ4v) is 2.22. The zero-order chi connectivity index (χ0) is 14.7. The van der Waals surface area contributed by atoms with Gasteiger partial charge in [0.15, 0.2) is 11.5 Å². The van der Waals surface area contributed by atoms with E-state index in [2.05, 4.69) is 0 Å². The topological polar surface area (TPSA) is 27.7 Å². The van der Waals surface area contributed by atoms with E-state index in [-0.39, 0.29) is 0 Å². The largest absolute Gasteiger partial charge is 0.497 e. The van der Waals surface area contributed by atoms with Crippen LogP contribution in [-0.4, -0.2) is 14.2 Å². The number of benzene rings is 3. The van der Waals surface area contributed by atoms with E-state index in [9.17, 15) is 0 Å². The number of hydrogen-bond acceptors (Lipinski definition) is 3. The molecule has 106 valence electrons. The molecule has 3 rings (SSSR count). The standard InChI is InChI=1S/C18H16O3/c1-19-16-9-8-13-11-18(17(20-2)12-14(13)10-16)21-15-6-4-3-5-7-15/h3-12H,1-2H3. The van der Waals surface area contributed by atoms with E-state index in [1.54, 1.807) is 14.2 Å². The highest BCUT2D eigenvalue weighted by atomic mass is 16.5. The van der Waals surface area contributed by atoms with Crippen LogP contribution in [0.25, 0.3) is 10.8 Å². The lowest BCUT2D eigenvalue weighted by molar-refractivity contribution is 0.379. The van der Waals surface area contributed by atoms with Gasteiger partial charge in [-0.15, -0.1) is 0 Å². The van der Waals surface area contributed by atoms with Crippen LogP contribution >= 0.6 is 0 Å². The Balaban J connectivity index is 2.05. The normalized spacial score (nSPS) is 10.4. The fourth-order valence-electron chi connectivity index (χ4n) is 2.22. The SMILES string of the molecule is COc1ccc2cc(Oc3ccccc3)c(OC)cc2c1. The maximum absolute atomic E-state index is 5.91. The molecule has 0 fully saturated rings. The summed E-state index contributed by atoms with van der Waals surface area (Å²) in [6, 6.07) is 19.5. The van der Waals surface area contributed by atoms with Crippen LogP contribution in [0.4, 0.5) is 0 Å². The number of fused-ring (bicyclic) bond motifs is 1. The van der Waals surface area contributed by atoms with Gasteiger partial charge in [0, 0.05) is 0 Å². The fraction of sp³-hybridized carbons (Fsp3) is 0.111. The van der Waals surface area contributed by atoms with Crippen LogP contribution in [0.5, 0.6) is 23.0 Å². The lowest BCUT2D eigenvalue weighted by atomic mass is 10.1. The molecule has 0 unspecified atom stereocenters. The molecule has 3 heteroatoms. The molecule has 3 aromatic carbocycles. The first kappa shape index (κ1) is 13.3. The number of para-hydroxylation sites is 1. The van der Waals surface area contributed by atoms with E-state index in [4.69, 9.17) is 14.2 Å². The molecule has 0 atom stereocenters. The minimum Gasteiger partial charge on any atom is -0.497 e. The van der Waals surface area contributed by atoms with Crippen molar-refractivity contribution in [3.63, 3.8) is 0 Å². The van der Waals surface area contributed by atoms with Gasteiger partial charge in [0.05, 0.1) is 14.2 Å². The van der Waals surface area contributed by atoms with Gasteiger partial charge >= 0.3 is 0 Å². The van der Waals surface area contributed by atoms with Crippen molar-refractivity contribution < 1.29 is 14.2 Å². The average Bonchev–Trinajstić information content (AvgIpc) is 2.54. The smallest absolute Gasteiger partial charge is 0.169 e. The average molecular weight is 280 g/mol. The molecule has 0 N–H and O–H groups in total. The minimum absolute atomic E-state index is 0.694. The van der Waals surface area contributed by atoms with Gasteiger partial charge < -0.3 is 14.2 Å². The predicted octanol–water partition coefficient (Wildman–Crippen LogP) is 4.65. The molecular formula is C18H16O3. The molecule has 0 heterocycles. The van der Waals surface area contributed by atoms with Crippen molar-refractivity contribution in [3.8, 4) is 23.0 Å². The molecule has 0 radical (unpaired) electrons. The van der Waals surface area contributed by atoms with Gasteiger partial charge in [-0.05, 0) is 47.2 Å². The second kappa shape index (κ2) is 5.75. The molecule has 3 aromatic rings. The molecule has 0 amide bonds. The third kappa shape index (κ3) is 2.77. The van der Waals surface area contributed by atoms with Gasteiger partial charge in [0.25, 0.3) is 0 Å². The summed E-state index contributed by atoms with van der Waals surface area (Å²) in [5, 5.41) is 2.12. The third-order valence-electron chi connectivity index (χ3n) is 3.30. The monoisotopic (exact) mass is 280 g/mol. The quantitative estimate of drug-likeness (QED) is 0.696. The molecular weight excluding hydrogens is 264 g/mol. The zero-order valence-electron chi connectivity index (χ0n) is 12.0. The Morgan fingerprint density at radius 2 is 1.38 bits per heavy atom. The van der Waals surface area contributed by atoms with E-state index in [0.717, 1.165) is 22.3 Å². The summed E-state index contributed by atoms with van der Waals surface area (Å²) >= 11 is 0. The molecule has 3 nitrogen and oxygen atoms in total. The highest BCUT2D eigenvalue weighted by molar-refractivity contribution is 5.87. The number of rotatable bonds is 4. The van der Waals surface area contributed by atoms with Crippen molar-refractivity contribution >= 4 is 10.8 Å². The molecule has 0 saturated heterocycles. The van der Waals surface area contributed by atoms with Crippen molar-refractivity contribution in [2.24, 2.45) is 0 Å². The van der Waals surface area contributed by atoms with Crippen molar-refractivity contribution in [3.05, 3.63) is 60.7 Å². The lowest BCUT2D eigenvalue weighted by Crippen LogP contribution is -1.91. The molecule has 0 aliphatic carbocycles. The van der Waals surface area contributed by atoms with Gasteiger partial charge in [-0.1, -0.05) is 24.3 Å². The molecule has 0 spiro atoms. The van der Waals surface area contributed by atoms with Crippen molar-refractivity contribution in [2.75, 3.05) is 14.2 Å². The summed E-state index contributed by atoms with van der Waals surface area (Å²) in [7, 11) is 3.30. The summed E-state index contributed by atoms with van der Waals surface area (Å²) in [6.07, 6.45) is 0. The van der Waals surface area contributed by atoms with Gasteiger partial charge in [-0.25, -0.2) is 0 Å². The summed E-state index contributed by atoms with van der Waals surface area (Å²) in [5.41, 5.74) is 0. The second-order valence-electron chi connectivity index (χ2n) is 4.63.